The lowest BCUT2D eigenvalue weighted by Gasteiger charge is -2.27. The molecule has 0 spiro atoms. The summed E-state index contributed by atoms with van der Waals surface area (Å²) in [4.78, 5) is 18.5. The maximum atomic E-state index is 12.3. The monoisotopic (exact) mass is 419 g/mol. The maximum absolute atomic E-state index is 12.3. The lowest BCUT2D eigenvalue weighted by molar-refractivity contribution is 0.0282. The highest BCUT2D eigenvalue weighted by atomic mass is 16.6. The fourth-order valence-corrected chi connectivity index (χ4v) is 3.67. The third kappa shape index (κ3) is 5.76. The van der Waals surface area contributed by atoms with Crippen molar-refractivity contribution in [3.63, 3.8) is 0 Å². The van der Waals surface area contributed by atoms with E-state index in [2.05, 4.69) is 4.98 Å². The summed E-state index contributed by atoms with van der Waals surface area (Å²) < 4.78 is 16.8. The summed E-state index contributed by atoms with van der Waals surface area (Å²) in [5, 5.41) is 1.35. The molecule has 1 aromatic rings. The number of rotatable bonds is 6. The SMILES string of the molecule is Cc1nc(/C(N)=C(\COC(=O)N2CCOCC2)N(C)N)ccc1OC1CCCCC1. The van der Waals surface area contributed by atoms with E-state index in [0.717, 1.165) is 24.3 Å². The molecule has 1 aliphatic carbocycles. The van der Waals surface area contributed by atoms with Crippen molar-refractivity contribution in [1.82, 2.24) is 14.9 Å². The molecular weight excluding hydrogens is 386 g/mol. The van der Waals surface area contributed by atoms with Gasteiger partial charge in [0.2, 0.25) is 0 Å². The van der Waals surface area contributed by atoms with Crippen LogP contribution in [0.3, 0.4) is 0 Å². The quantitative estimate of drug-likeness (QED) is 0.531. The summed E-state index contributed by atoms with van der Waals surface area (Å²) in [5.74, 6) is 6.73. The van der Waals surface area contributed by atoms with Crippen LogP contribution in [0.1, 0.15) is 43.5 Å². The molecule has 1 amide bonds. The first-order valence-corrected chi connectivity index (χ1v) is 10.6. The van der Waals surface area contributed by atoms with Crippen molar-refractivity contribution in [2.75, 3.05) is 40.0 Å². The number of hydrazine groups is 1. The van der Waals surface area contributed by atoms with Crippen molar-refractivity contribution in [3.8, 4) is 5.75 Å². The minimum atomic E-state index is -0.411. The van der Waals surface area contributed by atoms with E-state index in [4.69, 9.17) is 25.8 Å². The van der Waals surface area contributed by atoms with Crippen LogP contribution in [0.25, 0.3) is 5.70 Å². The number of aryl methyl sites for hydroxylation is 1. The average molecular weight is 420 g/mol. The smallest absolute Gasteiger partial charge is 0.410 e. The first kappa shape index (κ1) is 22.2. The van der Waals surface area contributed by atoms with Gasteiger partial charge < -0.3 is 29.9 Å². The van der Waals surface area contributed by atoms with E-state index in [9.17, 15) is 4.79 Å². The number of morpholine rings is 1. The molecule has 0 atom stereocenters. The number of hydrogen-bond donors (Lipinski definition) is 2. The molecule has 2 heterocycles. The summed E-state index contributed by atoms with van der Waals surface area (Å²) in [5.41, 5.74) is 8.51. The molecule has 0 radical (unpaired) electrons. The summed E-state index contributed by atoms with van der Waals surface area (Å²) in [6, 6.07) is 3.71. The number of nitrogens with zero attached hydrogens (tertiary/aromatic N) is 3. The van der Waals surface area contributed by atoms with Gasteiger partial charge in [0.25, 0.3) is 0 Å². The normalized spacial score (nSPS) is 18.6. The van der Waals surface area contributed by atoms with E-state index < -0.39 is 6.09 Å². The Morgan fingerprint density at radius 2 is 1.97 bits per heavy atom. The minimum absolute atomic E-state index is 0.0456. The number of likely N-dealkylation sites (N-methyl/N-ethyl adjacent to an activating group) is 1. The van der Waals surface area contributed by atoms with E-state index >= 15 is 0 Å². The summed E-state index contributed by atoms with van der Waals surface area (Å²) in [6.45, 7) is 3.89. The second-order valence-electron chi connectivity index (χ2n) is 7.78. The zero-order valence-corrected chi connectivity index (χ0v) is 17.9. The van der Waals surface area contributed by atoms with Crippen molar-refractivity contribution in [1.29, 1.82) is 0 Å². The van der Waals surface area contributed by atoms with Crippen molar-refractivity contribution in [3.05, 3.63) is 29.2 Å². The summed E-state index contributed by atoms with van der Waals surface area (Å²) in [6.07, 6.45) is 5.71. The molecule has 1 aliphatic heterocycles. The largest absolute Gasteiger partial charge is 0.489 e. The molecule has 9 heteroatoms. The van der Waals surface area contributed by atoms with Gasteiger partial charge in [-0.05, 0) is 44.7 Å². The third-order valence-electron chi connectivity index (χ3n) is 5.50. The van der Waals surface area contributed by atoms with Crippen LogP contribution in [0.5, 0.6) is 5.75 Å². The highest BCUT2D eigenvalue weighted by molar-refractivity contribution is 5.69. The second kappa shape index (κ2) is 10.5. The van der Waals surface area contributed by atoms with E-state index in [-0.39, 0.29) is 12.7 Å². The van der Waals surface area contributed by atoms with Crippen molar-refractivity contribution < 1.29 is 19.0 Å². The molecule has 1 aromatic heterocycles. The van der Waals surface area contributed by atoms with Gasteiger partial charge in [-0.2, -0.15) is 0 Å². The van der Waals surface area contributed by atoms with Crippen molar-refractivity contribution in [2.45, 2.75) is 45.1 Å². The van der Waals surface area contributed by atoms with Gasteiger partial charge >= 0.3 is 6.09 Å². The predicted octanol–water partition coefficient (Wildman–Crippen LogP) is 2.00. The van der Waals surface area contributed by atoms with Crippen LogP contribution in [0, 0.1) is 6.92 Å². The van der Waals surface area contributed by atoms with Gasteiger partial charge in [-0.25, -0.2) is 15.6 Å². The molecule has 0 unspecified atom stereocenters. The van der Waals surface area contributed by atoms with E-state index in [1.165, 1.54) is 24.3 Å². The van der Waals surface area contributed by atoms with Crippen LogP contribution in [-0.4, -0.2) is 67.0 Å². The highest BCUT2D eigenvalue weighted by Crippen LogP contribution is 2.26. The minimum Gasteiger partial charge on any atom is -0.489 e. The van der Waals surface area contributed by atoms with Crippen LogP contribution >= 0.6 is 0 Å². The maximum Gasteiger partial charge on any atom is 0.410 e. The third-order valence-corrected chi connectivity index (χ3v) is 5.50. The molecule has 1 saturated heterocycles. The molecule has 2 aliphatic rings. The molecule has 4 N–H and O–H groups in total. The Hall–Kier alpha value is -2.52. The van der Waals surface area contributed by atoms with E-state index in [0.29, 0.717) is 43.4 Å². The van der Waals surface area contributed by atoms with Crippen LogP contribution in [-0.2, 0) is 9.47 Å². The zero-order valence-electron chi connectivity index (χ0n) is 17.9. The molecule has 0 bridgehead atoms. The Labute approximate surface area is 177 Å². The van der Waals surface area contributed by atoms with Crippen molar-refractivity contribution >= 4 is 11.8 Å². The first-order valence-electron chi connectivity index (χ1n) is 10.6. The van der Waals surface area contributed by atoms with Crippen LogP contribution < -0.4 is 16.3 Å². The summed E-state index contributed by atoms with van der Waals surface area (Å²) in [7, 11) is 1.65. The van der Waals surface area contributed by atoms with Crippen LogP contribution in [0.4, 0.5) is 4.79 Å². The van der Waals surface area contributed by atoms with Gasteiger partial charge in [-0.3, -0.25) is 0 Å². The number of aromatic nitrogens is 1. The fraction of sp³-hybridized carbons (Fsp3) is 0.619. The number of pyridine rings is 1. The highest BCUT2D eigenvalue weighted by Gasteiger charge is 2.21. The second-order valence-corrected chi connectivity index (χ2v) is 7.78. The molecule has 30 heavy (non-hydrogen) atoms. The lowest BCUT2D eigenvalue weighted by Crippen LogP contribution is -2.42. The molecule has 1 saturated carbocycles. The van der Waals surface area contributed by atoms with Gasteiger partial charge in [0.1, 0.15) is 12.4 Å². The number of carbonyl (C=O) groups is 1. The fourth-order valence-electron chi connectivity index (χ4n) is 3.67. The molecule has 9 nitrogen and oxygen atoms in total. The van der Waals surface area contributed by atoms with Gasteiger partial charge in [0, 0.05) is 20.1 Å². The van der Waals surface area contributed by atoms with Gasteiger partial charge in [0.05, 0.1) is 42.1 Å². The van der Waals surface area contributed by atoms with Gasteiger partial charge in [-0.15, -0.1) is 0 Å². The number of ether oxygens (including phenoxy) is 3. The standard InChI is InChI=1S/C21H33N5O4/c1-15-19(30-16-6-4-3-5-7-16)9-8-17(24-15)20(22)18(25(2)23)14-29-21(27)26-10-12-28-13-11-26/h8-9,16H,3-7,10-14,22-23H2,1-2H3/b20-18-. The van der Waals surface area contributed by atoms with E-state index in [1.807, 2.05) is 19.1 Å². The van der Waals surface area contributed by atoms with Crippen LogP contribution in [0.2, 0.25) is 0 Å². The molecule has 2 fully saturated rings. The topological polar surface area (TPSA) is 116 Å². The predicted molar refractivity (Wildman–Crippen MR) is 113 cm³/mol. The molecule has 0 aromatic carbocycles. The number of hydrogen-bond acceptors (Lipinski definition) is 8. The first-order chi connectivity index (χ1) is 14.5. The van der Waals surface area contributed by atoms with Gasteiger partial charge in [-0.1, -0.05) is 6.42 Å². The molecule has 166 valence electrons. The lowest BCUT2D eigenvalue weighted by atomic mass is 9.98. The summed E-state index contributed by atoms with van der Waals surface area (Å²) >= 11 is 0. The number of nitrogens with two attached hydrogens (primary N) is 2. The van der Waals surface area contributed by atoms with E-state index in [1.54, 1.807) is 11.9 Å². The molecular formula is C21H33N5O4. The Kier molecular flexibility index (Phi) is 7.75. The molecule has 3 rings (SSSR count). The number of amides is 1. The van der Waals surface area contributed by atoms with Crippen LogP contribution in [0.15, 0.2) is 17.8 Å². The Balaban J connectivity index is 1.68. The average Bonchev–Trinajstić information content (AvgIpc) is 2.76. The van der Waals surface area contributed by atoms with Gasteiger partial charge in [0.15, 0.2) is 0 Å². The Morgan fingerprint density at radius 1 is 1.27 bits per heavy atom. The van der Waals surface area contributed by atoms with Crippen molar-refractivity contribution in [2.24, 2.45) is 11.6 Å². The Bertz CT molecular complexity index is 756. The zero-order chi connectivity index (χ0) is 21.5. The number of carbonyl (C=O) groups excluding carboxylic acids is 1. The Morgan fingerprint density at radius 3 is 2.60 bits per heavy atom.